The molecule has 1 heterocycles. The number of anilines is 1. The molecule has 10 heteroatoms. The van der Waals surface area contributed by atoms with Crippen LogP contribution < -0.4 is 10.1 Å². The van der Waals surface area contributed by atoms with Gasteiger partial charge in [0.2, 0.25) is 5.91 Å². The summed E-state index contributed by atoms with van der Waals surface area (Å²) >= 11 is 6.73. The van der Waals surface area contributed by atoms with Crippen molar-refractivity contribution in [2.45, 2.75) is 6.61 Å². The summed E-state index contributed by atoms with van der Waals surface area (Å²) in [5, 5.41) is 2.17. The lowest BCUT2D eigenvalue weighted by molar-refractivity contribution is -0.127. The normalized spacial score (nSPS) is 14.5. The zero-order valence-electron chi connectivity index (χ0n) is 18.0. The summed E-state index contributed by atoms with van der Waals surface area (Å²) in [6.45, 7) is -0.569. The molecule has 0 aromatic heterocycles. The summed E-state index contributed by atoms with van der Waals surface area (Å²) in [6, 6.07) is 16.1. The number of ether oxygens (including phenoxy) is 1. The zero-order valence-corrected chi connectivity index (χ0v) is 19.5. The van der Waals surface area contributed by atoms with Crippen molar-refractivity contribution < 1.29 is 27.9 Å². The number of nitrogens with one attached hydrogen (secondary N) is 1. The first-order chi connectivity index (χ1) is 16.8. The maximum atomic E-state index is 14.0. The van der Waals surface area contributed by atoms with E-state index in [1.165, 1.54) is 42.5 Å². The van der Waals surface area contributed by atoms with Crippen LogP contribution in [0.3, 0.4) is 0 Å². The van der Waals surface area contributed by atoms with E-state index in [1.54, 1.807) is 30.3 Å². The van der Waals surface area contributed by atoms with Crippen LogP contribution in [0.4, 0.5) is 19.3 Å². The summed E-state index contributed by atoms with van der Waals surface area (Å²) in [5.74, 6) is -1.73. The van der Waals surface area contributed by atoms with Gasteiger partial charge >= 0.3 is 0 Å². The van der Waals surface area contributed by atoms with Gasteiger partial charge in [-0.25, -0.2) is 8.78 Å². The van der Waals surface area contributed by atoms with Crippen LogP contribution in [-0.2, 0) is 16.2 Å². The lowest BCUT2D eigenvalue weighted by atomic mass is 10.2. The van der Waals surface area contributed by atoms with Gasteiger partial charge in [-0.1, -0.05) is 29.8 Å². The number of hydrogen-bond donors (Lipinski definition) is 1. The fourth-order valence-electron chi connectivity index (χ4n) is 3.18. The average molecular weight is 515 g/mol. The van der Waals surface area contributed by atoms with Crippen LogP contribution in [0.1, 0.15) is 11.1 Å². The number of amides is 3. The first kappa shape index (κ1) is 24.4. The van der Waals surface area contributed by atoms with Crippen LogP contribution in [0.5, 0.6) is 5.75 Å². The van der Waals surface area contributed by atoms with Gasteiger partial charge in [-0.3, -0.25) is 19.3 Å². The SMILES string of the molecule is O=C(CN1C(=O)S/C(=C/c2cccc(OCc3c(F)cccc3Cl)c2)C1=O)Nc1ccc(F)cc1. The number of rotatable bonds is 7. The van der Waals surface area contributed by atoms with Crippen LogP contribution in [-0.4, -0.2) is 28.5 Å². The number of benzene rings is 3. The predicted octanol–water partition coefficient (Wildman–Crippen LogP) is 5.87. The van der Waals surface area contributed by atoms with Crippen molar-refractivity contribution >= 4 is 52.2 Å². The van der Waals surface area contributed by atoms with Gasteiger partial charge < -0.3 is 10.1 Å². The average Bonchev–Trinajstić information content (AvgIpc) is 3.08. The first-order valence-corrected chi connectivity index (χ1v) is 11.5. The highest BCUT2D eigenvalue weighted by Crippen LogP contribution is 2.32. The molecule has 0 unspecified atom stereocenters. The molecule has 0 saturated carbocycles. The molecule has 1 saturated heterocycles. The fraction of sp³-hybridized carbons (Fsp3) is 0.0800. The molecule has 0 spiro atoms. The molecule has 3 aromatic carbocycles. The Bertz CT molecular complexity index is 1310. The Balaban J connectivity index is 1.41. The maximum Gasteiger partial charge on any atom is 0.294 e. The molecule has 1 aliphatic heterocycles. The minimum absolute atomic E-state index is 0.0886. The summed E-state index contributed by atoms with van der Waals surface area (Å²) in [4.78, 5) is 38.3. The molecule has 178 valence electrons. The Morgan fingerprint density at radius 2 is 1.80 bits per heavy atom. The molecular weight excluding hydrogens is 498 g/mol. The highest BCUT2D eigenvalue weighted by molar-refractivity contribution is 8.18. The van der Waals surface area contributed by atoms with Crippen molar-refractivity contribution in [1.29, 1.82) is 0 Å². The van der Waals surface area contributed by atoms with Gasteiger partial charge in [0.25, 0.3) is 11.1 Å². The number of halogens is 3. The molecule has 35 heavy (non-hydrogen) atoms. The highest BCUT2D eigenvalue weighted by Gasteiger charge is 2.36. The van der Waals surface area contributed by atoms with E-state index in [9.17, 15) is 23.2 Å². The molecule has 3 amide bonds. The Kier molecular flexibility index (Phi) is 7.48. The molecule has 4 rings (SSSR count). The van der Waals surface area contributed by atoms with Gasteiger partial charge in [-0.2, -0.15) is 0 Å². The van der Waals surface area contributed by atoms with Gasteiger partial charge in [-0.15, -0.1) is 0 Å². The molecule has 1 fully saturated rings. The van der Waals surface area contributed by atoms with E-state index >= 15 is 0 Å². The number of thioether (sulfide) groups is 1. The van der Waals surface area contributed by atoms with Crippen molar-refractivity contribution in [1.82, 2.24) is 4.90 Å². The van der Waals surface area contributed by atoms with Crippen LogP contribution in [0.2, 0.25) is 5.02 Å². The van der Waals surface area contributed by atoms with Crippen molar-refractivity contribution in [2.24, 2.45) is 0 Å². The molecule has 3 aromatic rings. The van der Waals surface area contributed by atoms with Crippen LogP contribution in [0.25, 0.3) is 6.08 Å². The first-order valence-electron chi connectivity index (χ1n) is 10.3. The maximum absolute atomic E-state index is 14.0. The largest absolute Gasteiger partial charge is 0.489 e. The summed E-state index contributed by atoms with van der Waals surface area (Å²) in [6.07, 6.45) is 1.51. The van der Waals surface area contributed by atoms with Gasteiger partial charge in [0.05, 0.1) is 9.93 Å². The quantitative estimate of drug-likeness (QED) is 0.399. The van der Waals surface area contributed by atoms with Gasteiger partial charge in [0, 0.05) is 11.3 Å². The number of nitrogens with zero attached hydrogens (tertiary/aromatic N) is 1. The number of hydrogen-bond acceptors (Lipinski definition) is 5. The monoisotopic (exact) mass is 514 g/mol. The number of imide groups is 1. The zero-order chi connectivity index (χ0) is 24.9. The summed E-state index contributed by atoms with van der Waals surface area (Å²) in [7, 11) is 0. The lowest BCUT2D eigenvalue weighted by Crippen LogP contribution is -2.36. The van der Waals surface area contributed by atoms with Crippen LogP contribution >= 0.6 is 23.4 Å². The second kappa shape index (κ2) is 10.7. The van der Waals surface area contributed by atoms with E-state index in [2.05, 4.69) is 5.32 Å². The molecule has 0 aliphatic carbocycles. The molecule has 0 bridgehead atoms. The van der Waals surface area contributed by atoms with E-state index in [4.69, 9.17) is 16.3 Å². The third kappa shape index (κ3) is 6.06. The summed E-state index contributed by atoms with van der Waals surface area (Å²) in [5.41, 5.74) is 1.13. The molecule has 0 atom stereocenters. The van der Waals surface area contributed by atoms with E-state index < -0.39 is 35.2 Å². The standard InChI is InChI=1S/C25H17ClF2N2O4S/c26-20-5-2-6-21(28)19(20)14-34-18-4-1-3-15(11-18)12-22-24(32)30(25(33)35-22)13-23(31)29-17-9-7-16(27)8-10-17/h1-12H,13-14H2,(H,29,31)/b22-12+. The second-order valence-corrected chi connectivity index (χ2v) is 8.78. The van der Waals surface area contributed by atoms with E-state index in [0.29, 0.717) is 28.8 Å². The fourth-order valence-corrected chi connectivity index (χ4v) is 4.24. The third-order valence-corrected chi connectivity index (χ3v) is 6.17. The minimum atomic E-state index is -0.612. The van der Waals surface area contributed by atoms with Crippen molar-refractivity contribution in [3.8, 4) is 5.75 Å². The molecule has 1 aliphatic rings. The third-order valence-electron chi connectivity index (χ3n) is 4.90. The van der Waals surface area contributed by atoms with Crippen LogP contribution in [0.15, 0.2) is 71.6 Å². The molecular formula is C25H17ClF2N2O4S. The molecule has 1 N–H and O–H groups in total. The van der Waals surface area contributed by atoms with Crippen molar-refractivity contribution in [3.05, 3.63) is 99.4 Å². The van der Waals surface area contributed by atoms with Gasteiger partial charge in [0.15, 0.2) is 0 Å². The predicted molar refractivity (Wildman–Crippen MR) is 130 cm³/mol. The van der Waals surface area contributed by atoms with Crippen molar-refractivity contribution in [3.63, 3.8) is 0 Å². The molecule has 6 nitrogen and oxygen atoms in total. The molecule has 0 radical (unpaired) electrons. The van der Waals surface area contributed by atoms with Gasteiger partial charge in [-0.05, 0) is 71.9 Å². The minimum Gasteiger partial charge on any atom is -0.489 e. The van der Waals surface area contributed by atoms with E-state index in [0.717, 1.165) is 4.90 Å². The van der Waals surface area contributed by atoms with E-state index in [-0.39, 0.29) is 22.1 Å². The Morgan fingerprint density at radius 3 is 2.54 bits per heavy atom. The second-order valence-electron chi connectivity index (χ2n) is 7.38. The number of carbonyl (C=O) groups excluding carboxylic acids is 3. The highest BCUT2D eigenvalue weighted by atomic mass is 35.5. The Hall–Kier alpha value is -3.69. The number of carbonyl (C=O) groups is 3. The Labute approximate surface area is 208 Å². The van der Waals surface area contributed by atoms with Gasteiger partial charge in [0.1, 0.15) is 30.5 Å². The smallest absolute Gasteiger partial charge is 0.294 e. The van der Waals surface area contributed by atoms with E-state index in [1.807, 2.05) is 0 Å². The lowest BCUT2D eigenvalue weighted by Gasteiger charge is -2.12. The Morgan fingerprint density at radius 1 is 1.06 bits per heavy atom. The van der Waals surface area contributed by atoms with Crippen LogP contribution in [0, 0.1) is 11.6 Å². The topological polar surface area (TPSA) is 75.7 Å². The van der Waals surface area contributed by atoms with Crippen molar-refractivity contribution in [2.75, 3.05) is 11.9 Å². The summed E-state index contributed by atoms with van der Waals surface area (Å²) < 4.78 is 32.6.